The van der Waals surface area contributed by atoms with Crippen molar-refractivity contribution >= 4 is 50.4 Å². The molecule has 2 aromatic carbocycles. The number of primary amides is 1. The zero-order chi connectivity index (χ0) is 28.3. The summed E-state index contributed by atoms with van der Waals surface area (Å²) in [5.74, 6) is 0.906. The van der Waals surface area contributed by atoms with Crippen molar-refractivity contribution in [1.29, 1.82) is 0 Å². The summed E-state index contributed by atoms with van der Waals surface area (Å²) in [5.41, 5.74) is 7.90. The molecule has 0 bridgehead atoms. The quantitative estimate of drug-likeness (QED) is 0.342. The van der Waals surface area contributed by atoms with Crippen molar-refractivity contribution < 1.29 is 14.4 Å². The SMILES string of the molecule is CC(C)(C)n1nnnc1-c1cc(Br)cc(CC(=O)[C@@H]2C[C@H]3C[C@H]3N2C(=O)Nc2cn(C(N)=O)c3ccccc23)c1. The number of tetrazole rings is 1. The molecule has 0 unspecified atom stereocenters. The molecule has 0 spiro atoms. The van der Waals surface area contributed by atoms with Gasteiger partial charge < -0.3 is 16.0 Å². The van der Waals surface area contributed by atoms with E-state index in [0.29, 0.717) is 34.8 Å². The van der Waals surface area contributed by atoms with Crippen LogP contribution in [0.15, 0.2) is 53.1 Å². The van der Waals surface area contributed by atoms with Gasteiger partial charge in [0.05, 0.1) is 22.8 Å². The van der Waals surface area contributed by atoms with Gasteiger partial charge in [-0.1, -0.05) is 34.1 Å². The Labute approximate surface area is 238 Å². The number of nitrogens with one attached hydrogen (secondary N) is 1. The van der Waals surface area contributed by atoms with E-state index in [2.05, 4.69) is 36.8 Å². The van der Waals surface area contributed by atoms with E-state index in [9.17, 15) is 14.4 Å². The fourth-order valence-electron chi connectivity index (χ4n) is 5.70. The Morgan fingerprint density at radius 2 is 1.90 bits per heavy atom. The van der Waals surface area contributed by atoms with Gasteiger partial charge in [0, 0.05) is 34.1 Å². The number of halogens is 1. The Kier molecular flexibility index (Phi) is 6.25. The van der Waals surface area contributed by atoms with E-state index in [1.54, 1.807) is 21.7 Å². The van der Waals surface area contributed by atoms with Crippen molar-refractivity contribution in [2.45, 2.75) is 57.7 Å². The number of benzene rings is 2. The summed E-state index contributed by atoms with van der Waals surface area (Å²) in [7, 11) is 0. The molecular weight excluding hydrogens is 576 g/mol. The van der Waals surface area contributed by atoms with Gasteiger partial charge in [-0.25, -0.2) is 14.3 Å². The lowest BCUT2D eigenvalue weighted by molar-refractivity contribution is -0.122. The van der Waals surface area contributed by atoms with Crippen LogP contribution in [0.2, 0.25) is 0 Å². The van der Waals surface area contributed by atoms with Gasteiger partial charge in [-0.05, 0) is 79.8 Å². The van der Waals surface area contributed by atoms with Gasteiger partial charge >= 0.3 is 12.1 Å². The van der Waals surface area contributed by atoms with Crippen molar-refractivity contribution in [2.75, 3.05) is 5.32 Å². The standard InChI is InChI=1S/C28H29BrN8O3/c1-28(2,3)37-25(32-33-34-37)17-8-15(9-18(29)11-17)10-24(38)23-13-16-12-22(16)36(23)27(40)31-20-14-35(26(30)39)21-7-5-4-6-19(20)21/h4-9,11,14,16,22-23H,10,12-13H2,1-3H3,(H2,30,39)(H,31,40)/t16-,22-,23+/m1/s1. The third kappa shape index (κ3) is 4.66. The molecule has 1 saturated carbocycles. The van der Waals surface area contributed by atoms with Crippen molar-refractivity contribution in [3.63, 3.8) is 0 Å². The maximum atomic E-state index is 13.6. The van der Waals surface area contributed by atoms with Crippen LogP contribution in [0, 0.1) is 5.92 Å². The van der Waals surface area contributed by atoms with E-state index in [1.807, 2.05) is 51.1 Å². The molecule has 12 heteroatoms. The van der Waals surface area contributed by atoms with Crippen LogP contribution in [0.1, 0.15) is 39.2 Å². The number of para-hydroxylation sites is 1. The summed E-state index contributed by atoms with van der Waals surface area (Å²) < 4.78 is 3.87. The maximum absolute atomic E-state index is 13.6. The number of carbonyl (C=O) groups is 3. The zero-order valence-corrected chi connectivity index (χ0v) is 23.9. The highest BCUT2D eigenvalue weighted by molar-refractivity contribution is 9.10. The second-order valence-corrected chi connectivity index (χ2v) is 12.4. The number of rotatable bonds is 5. The number of ketones is 1. The van der Waals surface area contributed by atoms with Crippen LogP contribution < -0.4 is 11.1 Å². The van der Waals surface area contributed by atoms with Gasteiger partial charge in [0.2, 0.25) is 0 Å². The summed E-state index contributed by atoms with van der Waals surface area (Å²) >= 11 is 3.57. The first-order chi connectivity index (χ1) is 19.0. The molecule has 40 heavy (non-hydrogen) atoms. The summed E-state index contributed by atoms with van der Waals surface area (Å²) in [6.07, 6.45) is 3.22. The number of urea groups is 1. The van der Waals surface area contributed by atoms with Gasteiger partial charge in [0.1, 0.15) is 0 Å². The number of likely N-dealkylation sites (tertiary alicyclic amines) is 1. The molecule has 206 valence electrons. The minimum atomic E-state index is -0.641. The lowest BCUT2D eigenvalue weighted by Crippen LogP contribution is -2.45. The summed E-state index contributed by atoms with van der Waals surface area (Å²) in [4.78, 5) is 40.8. The monoisotopic (exact) mass is 604 g/mol. The maximum Gasteiger partial charge on any atom is 0.323 e. The largest absolute Gasteiger partial charge is 0.351 e. The van der Waals surface area contributed by atoms with Crippen molar-refractivity contribution in [3.05, 3.63) is 58.7 Å². The molecule has 2 aromatic heterocycles. The number of fused-ring (bicyclic) bond motifs is 2. The van der Waals surface area contributed by atoms with Crippen LogP contribution in [0.25, 0.3) is 22.3 Å². The predicted octanol–water partition coefficient (Wildman–Crippen LogP) is 4.55. The van der Waals surface area contributed by atoms with Crippen molar-refractivity contribution in [2.24, 2.45) is 11.7 Å². The van der Waals surface area contributed by atoms with E-state index in [4.69, 9.17) is 5.73 Å². The normalized spacial score (nSPS) is 20.0. The van der Waals surface area contributed by atoms with Crippen LogP contribution in [0.3, 0.4) is 0 Å². The van der Waals surface area contributed by atoms with Gasteiger partial charge in [0.25, 0.3) is 0 Å². The summed E-state index contributed by atoms with van der Waals surface area (Å²) in [6, 6.07) is 11.5. The second-order valence-electron chi connectivity index (χ2n) is 11.5. The lowest BCUT2D eigenvalue weighted by atomic mass is 9.98. The second kappa shape index (κ2) is 9.54. The molecule has 3 N–H and O–H groups in total. The molecule has 0 radical (unpaired) electrons. The van der Waals surface area contributed by atoms with Crippen LogP contribution >= 0.6 is 15.9 Å². The van der Waals surface area contributed by atoms with Crippen molar-refractivity contribution in [3.8, 4) is 11.4 Å². The topological polar surface area (TPSA) is 141 Å². The Balaban J connectivity index is 1.23. The molecular formula is C28H29BrN8O3. The number of piperidine rings is 1. The van der Waals surface area contributed by atoms with E-state index >= 15 is 0 Å². The van der Waals surface area contributed by atoms with Gasteiger partial charge in [0.15, 0.2) is 11.6 Å². The Morgan fingerprint density at radius 3 is 2.65 bits per heavy atom. The fraction of sp³-hybridized carbons (Fsp3) is 0.357. The Hall–Kier alpha value is -4.06. The fourth-order valence-corrected chi connectivity index (χ4v) is 6.24. The number of nitrogens with zero attached hydrogens (tertiary/aromatic N) is 6. The first-order valence-corrected chi connectivity index (χ1v) is 13.9. The average molecular weight is 605 g/mol. The summed E-state index contributed by atoms with van der Waals surface area (Å²) in [5, 5.41) is 15.9. The van der Waals surface area contributed by atoms with Gasteiger partial charge in [-0.15, -0.1) is 5.10 Å². The molecule has 1 saturated heterocycles. The number of aromatic nitrogens is 5. The molecule has 3 amide bonds. The summed E-state index contributed by atoms with van der Waals surface area (Å²) in [6.45, 7) is 6.06. The van der Waals surface area contributed by atoms with Crippen LogP contribution in [0.5, 0.6) is 0 Å². The zero-order valence-electron chi connectivity index (χ0n) is 22.3. The minimum absolute atomic E-state index is 0.0265. The number of hydrogen-bond donors (Lipinski definition) is 2. The molecule has 1 aliphatic heterocycles. The van der Waals surface area contributed by atoms with Crippen LogP contribution in [0.4, 0.5) is 15.3 Å². The average Bonchev–Trinajstić information content (AvgIpc) is 3.25. The Morgan fingerprint density at radius 1 is 1.12 bits per heavy atom. The molecule has 3 atom stereocenters. The number of nitrogens with two attached hydrogens (primary N) is 1. The molecule has 1 aliphatic carbocycles. The Bertz CT molecular complexity index is 1670. The predicted molar refractivity (Wildman–Crippen MR) is 153 cm³/mol. The van der Waals surface area contributed by atoms with E-state index in [0.717, 1.165) is 22.0 Å². The number of carbonyl (C=O) groups excluding carboxylic acids is 3. The lowest BCUT2D eigenvalue weighted by Gasteiger charge is -2.27. The minimum Gasteiger partial charge on any atom is -0.351 e. The van der Waals surface area contributed by atoms with Crippen LogP contribution in [-0.2, 0) is 16.8 Å². The van der Waals surface area contributed by atoms with Crippen molar-refractivity contribution in [1.82, 2.24) is 29.7 Å². The molecule has 6 rings (SSSR count). The highest BCUT2D eigenvalue weighted by Crippen LogP contribution is 2.48. The first kappa shape index (κ1) is 26.2. The molecule has 11 nitrogen and oxygen atoms in total. The highest BCUT2D eigenvalue weighted by Gasteiger charge is 2.55. The number of hydrogen-bond acceptors (Lipinski definition) is 6. The first-order valence-electron chi connectivity index (χ1n) is 13.1. The smallest absolute Gasteiger partial charge is 0.323 e. The molecule has 4 aromatic rings. The number of amides is 3. The highest BCUT2D eigenvalue weighted by atomic mass is 79.9. The van der Waals surface area contributed by atoms with Gasteiger partial charge in [-0.2, -0.15) is 0 Å². The molecule has 2 fully saturated rings. The van der Waals surface area contributed by atoms with Gasteiger partial charge in [-0.3, -0.25) is 9.36 Å². The third-order valence-electron chi connectivity index (χ3n) is 7.60. The number of Topliss-reactive ketones (excluding diaryl/α,β-unsaturated/α-hetero) is 1. The molecule has 3 heterocycles. The van der Waals surface area contributed by atoms with E-state index in [1.165, 1.54) is 10.8 Å². The third-order valence-corrected chi connectivity index (χ3v) is 8.06. The van der Waals surface area contributed by atoms with E-state index in [-0.39, 0.29) is 29.8 Å². The molecule has 2 aliphatic rings. The number of anilines is 1. The van der Waals surface area contributed by atoms with Crippen LogP contribution in [-0.4, -0.2) is 59.6 Å². The van der Waals surface area contributed by atoms with E-state index < -0.39 is 12.1 Å².